The number of carbonyl (C=O) groups is 1. The van der Waals surface area contributed by atoms with Crippen LogP contribution in [0, 0.1) is 0 Å². The summed E-state index contributed by atoms with van der Waals surface area (Å²) in [6.07, 6.45) is 1.10. The number of alkyl halides is 1. The summed E-state index contributed by atoms with van der Waals surface area (Å²) < 4.78 is 0. The zero-order valence-corrected chi connectivity index (χ0v) is 9.80. The number of anilines is 1. The maximum Gasteiger partial charge on any atom is 0.173 e. The first-order valence-corrected chi connectivity index (χ1v) is 5.83. The van der Waals surface area contributed by atoms with Crippen molar-refractivity contribution in [2.24, 2.45) is 0 Å². The van der Waals surface area contributed by atoms with Crippen molar-refractivity contribution in [3.8, 4) is 0 Å². The molecule has 0 radical (unpaired) electrons. The first-order valence-electron chi connectivity index (χ1n) is 4.71. The first-order chi connectivity index (χ1) is 6.77. The van der Waals surface area contributed by atoms with E-state index in [-0.39, 0.29) is 5.78 Å². The van der Waals surface area contributed by atoms with E-state index in [0.29, 0.717) is 5.33 Å². The van der Waals surface area contributed by atoms with Crippen LogP contribution in [0.25, 0.3) is 0 Å². The summed E-state index contributed by atoms with van der Waals surface area (Å²) in [4.78, 5) is 11.3. The molecule has 1 aromatic carbocycles. The Bertz CT molecular complexity index is 295. The van der Waals surface area contributed by atoms with Gasteiger partial charge in [-0.15, -0.1) is 0 Å². The summed E-state index contributed by atoms with van der Waals surface area (Å²) in [6.45, 7) is 3.08. The fourth-order valence-corrected chi connectivity index (χ4v) is 1.44. The topological polar surface area (TPSA) is 29.1 Å². The second-order valence-electron chi connectivity index (χ2n) is 3.06. The maximum atomic E-state index is 11.3. The van der Waals surface area contributed by atoms with Gasteiger partial charge in [0.15, 0.2) is 5.78 Å². The number of ketones is 1. The van der Waals surface area contributed by atoms with E-state index in [9.17, 15) is 4.79 Å². The van der Waals surface area contributed by atoms with E-state index < -0.39 is 0 Å². The molecule has 1 aromatic rings. The molecule has 0 aromatic heterocycles. The number of hydrogen-bond acceptors (Lipinski definition) is 2. The van der Waals surface area contributed by atoms with Crippen molar-refractivity contribution >= 4 is 27.4 Å². The van der Waals surface area contributed by atoms with Crippen LogP contribution in [0.3, 0.4) is 0 Å². The fourth-order valence-electron chi connectivity index (χ4n) is 1.12. The zero-order chi connectivity index (χ0) is 10.4. The number of Topliss-reactive ketones (excluding diaryl/α,β-unsaturated/α-hetero) is 1. The SMILES string of the molecule is CCCNc1ccc(C(=O)CBr)cc1. The zero-order valence-electron chi connectivity index (χ0n) is 8.22. The standard InChI is InChI=1S/C11H14BrNO/c1-2-7-13-10-5-3-9(4-6-10)11(14)8-12/h3-6,13H,2,7-8H2,1H3. The average Bonchev–Trinajstić information content (AvgIpc) is 2.26. The third-order valence-electron chi connectivity index (χ3n) is 1.91. The monoisotopic (exact) mass is 255 g/mol. The molecule has 0 atom stereocenters. The molecule has 0 aliphatic rings. The average molecular weight is 256 g/mol. The van der Waals surface area contributed by atoms with Gasteiger partial charge in [0.05, 0.1) is 5.33 Å². The van der Waals surface area contributed by atoms with Crippen molar-refractivity contribution < 1.29 is 4.79 Å². The molecule has 2 nitrogen and oxygen atoms in total. The van der Waals surface area contributed by atoms with Gasteiger partial charge in [0.25, 0.3) is 0 Å². The summed E-state index contributed by atoms with van der Waals surface area (Å²) in [5.74, 6) is 0.118. The lowest BCUT2D eigenvalue weighted by molar-refractivity contribution is 0.102. The summed E-state index contributed by atoms with van der Waals surface area (Å²) in [5.41, 5.74) is 1.82. The van der Waals surface area contributed by atoms with Crippen molar-refractivity contribution in [1.82, 2.24) is 0 Å². The normalized spacial score (nSPS) is 9.86. The van der Waals surface area contributed by atoms with Gasteiger partial charge in [-0.25, -0.2) is 0 Å². The van der Waals surface area contributed by atoms with E-state index in [2.05, 4.69) is 28.2 Å². The van der Waals surface area contributed by atoms with Gasteiger partial charge in [-0.1, -0.05) is 22.9 Å². The molecule has 0 saturated heterocycles. The Hall–Kier alpha value is -0.830. The molecule has 3 heteroatoms. The molecule has 0 fully saturated rings. The molecule has 1 rings (SSSR count). The molecule has 0 spiro atoms. The van der Waals surface area contributed by atoms with Crippen LogP contribution < -0.4 is 5.32 Å². The minimum atomic E-state index is 0.118. The Morgan fingerprint density at radius 2 is 2.00 bits per heavy atom. The number of benzene rings is 1. The summed E-state index contributed by atoms with van der Waals surface area (Å²) >= 11 is 3.15. The van der Waals surface area contributed by atoms with E-state index in [0.717, 1.165) is 24.2 Å². The van der Waals surface area contributed by atoms with Gasteiger partial charge in [-0.05, 0) is 30.7 Å². The molecule has 0 aliphatic heterocycles. The molecule has 14 heavy (non-hydrogen) atoms. The quantitative estimate of drug-likeness (QED) is 0.648. The van der Waals surface area contributed by atoms with Crippen LogP contribution >= 0.6 is 15.9 Å². The largest absolute Gasteiger partial charge is 0.385 e. The molecule has 0 heterocycles. The highest BCUT2D eigenvalue weighted by molar-refractivity contribution is 9.09. The molecule has 0 unspecified atom stereocenters. The Labute approximate surface area is 92.8 Å². The molecule has 0 bridgehead atoms. The van der Waals surface area contributed by atoms with Gasteiger partial charge in [-0.2, -0.15) is 0 Å². The Morgan fingerprint density at radius 3 is 2.50 bits per heavy atom. The summed E-state index contributed by atoms with van der Waals surface area (Å²) in [6, 6.07) is 7.57. The summed E-state index contributed by atoms with van der Waals surface area (Å²) in [7, 11) is 0. The lowest BCUT2D eigenvalue weighted by Crippen LogP contribution is -2.02. The minimum Gasteiger partial charge on any atom is -0.385 e. The predicted octanol–water partition coefficient (Wildman–Crippen LogP) is 3.09. The van der Waals surface area contributed by atoms with E-state index in [1.807, 2.05) is 24.3 Å². The van der Waals surface area contributed by atoms with Gasteiger partial charge < -0.3 is 5.32 Å². The second-order valence-corrected chi connectivity index (χ2v) is 3.62. The van der Waals surface area contributed by atoms with Gasteiger partial charge >= 0.3 is 0 Å². The lowest BCUT2D eigenvalue weighted by atomic mass is 10.1. The van der Waals surface area contributed by atoms with Crippen LogP contribution in [0.1, 0.15) is 23.7 Å². The van der Waals surface area contributed by atoms with Crippen LogP contribution in [0.5, 0.6) is 0 Å². The minimum absolute atomic E-state index is 0.118. The van der Waals surface area contributed by atoms with E-state index in [1.165, 1.54) is 0 Å². The van der Waals surface area contributed by atoms with Crippen molar-refractivity contribution in [2.75, 3.05) is 17.2 Å². The van der Waals surface area contributed by atoms with Gasteiger partial charge in [0, 0.05) is 17.8 Å². The van der Waals surface area contributed by atoms with Crippen molar-refractivity contribution in [1.29, 1.82) is 0 Å². The molecular weight excluding hydrogens is 242 g/mol. The highest BCUT2D eigenvalue weighted by Gasteiger charge is 2.02. The van der Waals surface area contributed by atoms with Crippen LogP contribution in [-0.4, -0.2) is 17.7 Å². The maximum absolute atomic E-state index is 11.3. The second kappa shape index (κ2) is 5.81. The Balaban J connectivity index is 2.63. The molecule has 76 valence electrons. The van der Waals surface area contributed by atoms with Crippen LogP contribution in [0.4, 0.5) is 5.69 Å². The number of nitrogens with one attached hydrogen (secondary N) is 1. The van der Waals surface area contributed by atoms with Gasteiger partial charge in [0.2, 0.25) is 0 Å². The molecule has 1 N–H and O–H groups in total. The third kappa shape index (κ3) is 3.14. The number of hydrogen-bond donors (Lipinski definition) is 1. The highest BCUT2D eigenvalue weighted by atomic mass is 79.9. The molecule has 0 amide bonds. The first kappa shape index (κ1) is 11.2. The van der Waals surface area contributed by atoms with E-state index in [4.69, 9.17) is 0 Å². The van der Waals surface area contributed by atoms with Crippen molar-refractivity contribution in [3.05, 3.63) is 29.8 Å². The number of carbonyl (C=O) groups excluding carboxylic acids is 1. The Morgan fingerprint density at radius 1 is 1.36 bits per heavy atom. The number of rotatable bonds is 5. The van der Waals surface area contributed by atoms with Crippen LogP contribution in [-0.2, 0) is 0 Å². The van der Waals surface area contributed by atoms with Gasteiger partial charge in [-0.3, -0.25) is 4.79 Å². The third-order valence-corrected chi connectivity index (χ3v) is 2.42. The summed E-state index contributed by atoms with van der Waals surface area (Å²) in [5, 5.41) is 3.64. The van der Waals surface area contributed by atoms with Crippen molar-refractivity contribution in [2.45, 2.75) is 13.3 Å². The fraction of sp³-hybridized carbons (Fsp3) is 0.364. The van der Waals surface area contributed by atoms with E-state index in [1.54, 1.807) is 0 Å². The van der Waals surface area contributed by atoms with Crippen molar-refractivity contribution in [3.63, 3.8) is 0 Å². The van der Waals surface area contributed by atoms with Crippen LogP contribution in [0.15, 0.2) is 24.3 Å². The smallest absolute Gasteiger partial charge is 0.173 e. The molecule has 0 saturated carbocycles. The predicted molar refractivity (Wildman–Crippen MR) is 63.3 cm³/mol. The lowest BCUT2D eigenvalue weighted by Gasteiger charge is -2.04. The van der Waals surface area contributed by atoms with E-state index >= 15 is 0 Å². The Kier molecular flexibility index (Phi) is 4.66. The highest BCUT2D eigenvalue weighted by Crippen LogP contribution is 2.10. The van der Waals surface area contributed by atoms with Gasteiger partial charge in [0.1, 0.15) is 0 Å². The molecular formula is C11H14BrNO. The van der Waals surface area contributed by atoms with Crippen LogP contribution in [0.2, 0.25) is 0 Å². The number of halogens is 1. The molecule has 0 aliphatic carbocycles.